The number of nitrogens with one attached hydrogen (secondary N) is 1. The lowest BCUT2D eigenvalue weighted by molar-refractivity contribution is 0.150. The number of hydrogen-bond donors (Lipinski definition) is 3. The van der Waals surface area contributed by atoms with Crippen molar-refractivity contribution in [2.45, 2.75) is 25.8 Å². The van der Waals surface area contributed by atoms with E-state index in [1.165, 1.54) is 25.3 Å². The first-order valence-electron chi connectivity index (χ1n) is 5.75. The fourth-order valence-corrected chi connectivity index (χ4v) is 1.95. The van der Waals surface area contributed by atoms with Crippen LogP contribution >= 0.6 is 0 Å². The molecule has 1 aliphatic heterocycles. The van der Waals surface area contributed by atoms with Crippen LogP contribution in [0.4, 0.5) is 0 Å². The zero-order chi connectivity index (χ0) is 11.4. The van der Waals surface area contributed by atoms with Crippen molar-refractivity contribution in [3.63, 3.8) is 0 Å². The van der Waals surface area contributed by atoms with Crippen molar-refractivity contribution >= 4 is 0 Å². The van der Waals surface area contributed by atoms with Gasteiger partial charge in [-0.05, 0) is 18.9 Å². The average molecular weight is 222 g/mol. The normalized spacial score (nSPS) is 17.5. The lowest BCUT2D eigenvalue weighted by Gasteiger charge is -2.27. The van der Waals surface area contributed by atoms with Crippen LogP contribution in [0.3, 0.4) is 0 Å². The molecule has 0 bridgehead atoms. The molecule has 4 nitrogen and oxygen atoms in total. The van der Waals surface area contributed by atoms with Crippen LogP contribution in [0.2, 0.25) is 0 Å². The van der Waals surface area contributed by atoms with E-state index in [1.807, 2.05) is 0 Å². The highest BCUT2D eigenvalue weighted by atomic mass is 16.3. The Morgan fingerprint density at radius 1 is 1.12 bits per heavy atom. The van der Waals surface area contributed by atoms with E-state index in [-0.39, 0.29) is 11.5 Å². The van der Waals surface area contributed by atoms with E-state index in [4.69, 9.17) is 5.11 Å². The van der Waals surface area contributed by atoms with Gasteiger partial charge in [-0.25, -0.2) is 5.01 Å². The molecule has 1 fully saturated rings. The Morgan fingerprint density at radius 3 is 2.56 bits per heavy atom. The van der Waals surface area contributed by atoms with E-state index in [1.54, 1.807) is 12.1 Å². The van der Waals surface area contributed by atoms with Gasteiger partial charge in [-0.3, -0.25) is 5.43 Å². The summed E-state index contributed by atoms with van der Waals surface area (Å²) < 4.78 is 0. The monoisotopic (exact) mass is 222 g/mol. The van der Waals surface area contributed by atoms with Crippen LogP contribution in [0.1, 0.15) is 24.8 Å². The van der Waals surface area contributed by atoms with Gasteiger partial charge in [-0.1, -0.05) is 12.5 Å². The van der Waals surface area contributed by atoms with Crippen LogP contribution in [0.25, 0.3) is 0 Å². The lowest BCUT2D eigenvalue weighted by atomic mass is 10.1. The van der Waals surface area contributed by atoms with Crippen LogP contribution in [0.5, 0.6) is 11.5 Å². The average Bonchev–Trinajstić information content (AvgIpc) is 2.29. The van der Waals surface area contributed by atoms with E-state index in [9.17, 15) is 5.11 Å². The molecular formula is C12H18N2O2. The van der Waals surface area contributed by atoms with Gasteiger partial charge in [0.15, 0.2) is 0 Å². The summed E-state index contributed by atoms with van der Waals surface area (Å²) in [6, 6.07) is 4.70. The van der Waals surface area contributed by atoms with Crippen molar-refractivity contribution in [1.82, 2.24) is 10.4 Å². The highest BCUT2D eigenvalue weighted by molar-refractivity contribution is 5.38. The topological polar surface area (TPSA) is 55.7 Å². The summed E-state index contributed by atoms with van der Waals surface area (Å²) in [4.78, 5) is 0. The number of hydrazine groups is 1. The first-order chi connectivity index (χ1) is 7.75. The van der Waals surface area contributed by atoms with Crippen molar-refractivity contribution in [3.05, 3.63) is 23.8 Å². The standard InChI is InChI=1S/C12H18N2O2/c15-11-5-4-10(12(16)8-11)9-13-14-6-2-1-3-7-14/h4-5,8,13,15-16H,1-3,6-7,9H2. The van der Waals surface area contributed by atoms with Crippen LogP contribution in [-0.2, 0) is 6.54 Å². The second-order valence-electron chi connectivity index (χ2n) is 4.20. The first kappa shape index (κ1) is 11.2. The minimum atomic E-state index is 0.0965. The second-order valence-corrected chi connectivity index (χ2v) is 4.20. The summed E-state index contributed by atoms with van der Waals surface area (Å²) in [7, 11) is 0. The van der Waals surface area contributed by atoms with Crippen molar-refractivity contribution < 1.29 is 10.2 Å². The number of phenols is 2. The Morgan fingerprint density at radius 2 is 1.88 bits per heavy atom. The van der Waals surface area contributed by atoms with Gasteiger partial charge in [0.05, 0.1) is 0 Å². The van der Waals surface area contributed by atoms with E-state index in [2.05, 4.69) is 10.4 Å². The molecule has 0 aromatic heterocycles. The minimum absolute atomic E-state index is 0.0965. The van der Waals surface area contributed by atoms with Crippen LogP contribution in [0.15, 0.2) is 18.2 Å². The summed E-state index contributed by atoms with van der Waals surface area (Å²) in [5.41, 5.74) is 4.10. The Hall–Kier alpha value is -1.26. The molecular weight excluding hydrogens is 204 g/mol. The summed E-state index contributed by atoms with van der Waals surface area (Å²) >= 11 is 0. The Balaban J connectivity index is 1.88. The molecule has 88 valence electrons. The minimum Gasteiger partial charge on any atom is -0.508 e. The van der Waals surface area contributed by atoms with Gasteiger partial charge in [0, 0.05) is 31.3 Å². The Bertz CT molecular complexity index is 349. The Labute approximate surface area is 95.5 Å². The van der Waals surface area contributed by atoms with Crippen molar-refractivity contribution in [2.75, 3.05) is 13.1 Å². The maximum Gasteiger partial charge on any atom is 0.123 e. The molecule has 0 saturated carbocycles. The molecule has 0 radical (unpaired) electrons. The zero-order valence-electron chi connectivity index (χ0n) is 9.32. The molecule has 1 saturated heterocycles. The van der Waals surface area contributed by atoms with E-state index in [0.29, 0.717) is 6.54 Å². The fourth-order valence-electron chi connectivity index (χ4n) is 1.95. The van der Waals surface area contributed by atoms with Gasteiger partial charge < -0.3 is 10.2 Å². The smallest absolute Gasteiger partial charge is 0.123 e. The molecule has 3 N–H and O–H groups in total. The van der Waals surface area contributed by atoms with Crippen molar-refractivity contribution in [1.29, 1.82) is 0 Å². The molecule has 16 heavy (non-hydrogen) atoms. The highest BCUT2D eigenvalue weighted by Crippen LogP contribution is 2.22. The molecule has 1 aliphatic rings. The maximum atomic E-state index is 9.60. The molecule has 2 rings (SSSR count). The number of piperidine rings is 1. The number of rotatable bonds is 3. The second kappa shape index (κ2) is 5.18. The summed E-state index contributed by atoms with van der Waals surface area (Å²) in [5.74, 6) is 0.240. The summed E-state index contributed by atoms with van der Waals surface area (Å²) in [6.07, 6.45) is 3.77. The number of benzene rings is 1. The number of aromatic hydroxyl groups is 2. The predicted molar refractivity (Wildman–Crippen MR) is 62.0 cm³/mol. The quantitative estimate of drug-likeness (QED) is 0.727. The summed E-state index contributed by atoms with van der Waals surface area (Å²) in [6.45, 7) is 2.74. The van der Waals surface area contributed by atoms with Gasteiger partial charge in [0.2, 0.25) is 0 Å². The van der Waals surface area contributed by atoms with E-state index >= 15 is 0 Å². The third kappa shape index (κ3) is 2.87. The van der Waals surface area contributed by atoms with E-state index in [0.717, 1.165) is 18.7 Å². The molecule has 4 heteroatoms. The number of nitrogens with zero attached hydrogens (tertiary/aromatic N) is 1. The molecule has 1 aromatic rings. The molecule has 1 aromatic carbocycles. The fraction of sp³-hybridized carbons (Fsp3) is 0.500. The third-order valence-corrected chi connectivity index (χ3v) is 2.92. The molecule has 1 heterocycles. The Kier molecular flexibility index (Phi) is 3.64. The van der Waals surface area contributed by atoms with Gasteiger partial charge in [0.1, 0.15) is 11.5 Å². The SMILES string of the molecule is Oc1ccc(CNN2CCCCC2)c(O)c1. The molecule has 0 aliphatic carbocycles. The number of hydrogen-bond acceptors (Lipinski definition) is 4. The maximum absolute atomic E-state index is 9.60. The van der Waals surface area contributed by atoms with Crippen LogP contribution in [0, 0.1) is 0 Å². The number of phenolic OH excluding ortho intramolecular Hbond substituents is 2. The third-order valence-electron chi connectivity index (χ3n) is 2.92. The van der Waals surface area contributed by atoms with E-state index < -0.39 is 0 Å². The molecule has 0 spiro atoms. The zero-order valence-corrected chi connectivity index (χ0v) is 9.32. The first-order valence-corrected chi connectivity index (χ1v) is 5.75. The molecule has 0 atom stereocenters. The van der Waals surface area contributed by atoms with Crippen molar-refractivity contribution in [3.8, 4) is 11.5 Å². The van der Waals surface area contributed by atoms with Gasteiger partial charge in [0.25, 0.3) is 0 Å². The van der Waals surface area contributed by atoms with Gasteiger partial charge in [-0.2, -0.15) is 0 Å². The van der Waals surface area contributed by atoms with Gasteiger partial charge in [-0.15, -0.1) is 0 Å². The van der Waals surface area contributed by atoms with Gasteiger partial charge >= 0.3 is 0 Å². The van der Waals surface area contributed by atoms with Crippen molar-refractivity contribution in [2.24, 2.45) is 0 Å². The van der Waals surface area contributed by atoms with Crippen LogP contribution in [-0.4, -0.2) is 28.3 Å². The lowest BCUT2D eigenvalue weighted by Crippen LogP contribution is -2.41. The molecule has 0 amide bonds. The summed E-state index contributed by atoms with van der Waals surface area (Å²) in [5, 5.41) is 21.0. The van der Waals surface area contributed by atoms with Crippen LogP contribution < -0.4 is 5.43 Å². The predicted octanol–water partition coefficient (Wildman–Crippen LogP) is 1.59. The molecule has 0 unspecified atom stereocenters. The highest BCUT2D eigenvalue weighted by Gasteiger charge is 2.10. The largest absolute Gasteiger partial charge is 0.508 e.